The van der Waals surface area contributed by atoms with Gasteiger partial charge in [0, 0.05) is 24.0 Å². The minimum Gasteiger partial charge on any atom is -0.491 e. The fraction of sp³-hybridized carbons (Fsp3) is 0.562. The quantitative estimate of drug-likeness (QED) is 0.875. The fourth-order valence-corrected chi connectivity index (χ4v) is 2.61. The molecule has 1 heterocycles. The van der Waals surface area contributed by atoms with Gasteiger partial charge in [0.05, 0.1) is 18.9 Å². The maximum Gasteiger partial charge on any atom is 0.224 e. The van der Waals surface area contributed by atoms with Crippen molar-refractivity contribution in [1.82, 2.24) is 0 Å². The highest BCUT2D eigenvalue weighted by atomic mass is 35.5. The average molecular weight is 310 g/mol. The van der Waals surface area contributed by atoms with E-state index in [1.807, 2.05) is 6.07 Å². The summed E-state index contributed by atoms with van der Waals surface area (Å²) < 4.78 is 11.2. The van der Waals surface area contributed by atoms with Gasteiger partial charge in [-0.3, -0.25) is 4.79 Å². The second-order valence-corrected chi connectivity index (χ2v) is 6.31. The van der Waals surface area contributed by atoms with E-state index in [1.54, 1.807) is 12.1 Å². The van der Waals surface area contributed by atoms with Crippen LogP contribution in [0.25, 0.3) is 0 Å². The molecule has 0 spiro atoms. The van der Waals surface area contributed by atoms with Gasteiger partial charge in [-0.2, -0.15) is 0 Å². The van der Waals surface area contributed by atoms with Crippen molar-refractivity contribution in [3.63, 3.8) is 0 Å². The van der Waals surface area contributed by atoms with Crippen molar-refractivity contribution >= 4 is 23.2 Å². The Kier molecular flexibility index (Phi) is 4.66. The molecule has 0 aromatic heterocycles. The maximum absolute atomic E-state index is 12.0. The first-order valence-electron chi connectivity index (χ1n) is 7.50. The Balaban J connectivity index is 1.61. The third-order valence-electron chi connectivity index (χ3n) is 3.89. The molecule has 1 atom stereocenters. The molecule has 0 radical (unpaired) electrons. The van der Waals surface area contributed by atoms with E-state index in [0.29, 0.717) is 41.3 Å². The minimum absolute atomic E-state index is 0.0359. The van der Waals surface area contributed by atoms with Crippen molar-refractivity contribution in [2.45, 2.75) is 25.7 Å². The predicted octanol–water partition coefficient (Wildman–Crippen LogP) is 3.49. The van der Waals surface area contributed by atoms with E-state index < -0.39 is 0 Å². The van der Waals surface area contributed by atoms with E-state index in [1.165, 1.54) is 0 Å². The first kappa shape index (κ1) is 14.7. The summed E-state index contributed by atoms with van der Waals surface area (Å²) in [5.41, 5.74) is 0.659. The lowest BCUT2D eigenvalue weighted by molar-refractivity contribution is -0.116. The summed E-state index contributed by atoms with van der Waals surface area (Å²) in [6.45, 7) is 2.16. The number of hydrogen-bond donors (Lipinski definition) is 1. The van der Waals surface area contributed by atoms with Gasteiger partial charge in [0.15, 0.2) is 0 Å². The van der Waals surface area contributed by atoms with Gasteiger partial charge in [-0.1, -0.05) is 11.6 Å². The molecular weight excluding hydrogens is 290 g/mol. The lowest BCUT2D eigenvalue weighted by Gasteiger charge is -2.15. The van der Waals surface area contributed by atoms with Crippen molar-refractivity contribution in [2.24, 2.45) is 11.8 Å². The molecule has 5 heteroatoms. The Hall–Kier alpha value is -1.26. The van der Waals surface area contributed by atoms with Crippen molar-refractivity contribution < 1.29 is 14.3 Å². The number of carbonyl (C=O) groups is 1. The van der Waals surface area contributed by atoms with E-state index in [2.05, 4.69) is 5.32 Å². The highest BCUT2D eigenvalue weighted by Crippen LogP contribution is 2.34. The summed E-state index contributed by atoms with van der Waals surface area (Å²) >= 11 is 6.02. The summed E-state index contributed by atoms with van der Waals surface area (Å²) in [7, 11) is 0. The lowest BCUT2D eigenvalue weighted by Crippen LogP contribution is -2.15. The summed E-state index contributed by atoms with van der Waals surface area (Å²) in [4.78, 5) is 12.0. The molecule has 2 fully saturated rings. The van der Waals surface area contributed by atoms with Gasteiger partial charge in [-0.05, 0) is 43.4 Å². The third kappa shape index (κ3) is 4.35. The van der Waals surface area contributed by atoms with Gasteiger partial charge in [0.2, 0.25) is 5.91 Å². The highest BCUT2D eigenvalue weighted by Gasteiger charge is 2.25. The van der Waals surface area contributed by atoms with Gasteiger partial charge < -0.3 is 14.8 Å². The van der Waals surface area contributed by atoms with Crippen molar-refractivity contribution in [1.29, 1.82) is 0 Å². The zero-order valence-electron chi connectivity index (χ0n) is 11.9. The summed E-state index contributed by atoms with van der Waals surface area (Å²) in [6, 6.07) is 5.33. The van der Waals surface area contributed by atoms with Crippen LogP contribution in [-0.2, 0) is 9.53 Å². The molecular formula is C16H20ClNO3. The van der Waals surface area contributed by atoms with Crippen molar-refractivity contribution in [3.8, 4) is 5.75 Å². The zero-order valence-corrected chi connectivity index (χ0v) is 12.7. The summed E-state index contributed by atoms with van der Waals surface area (Å²) in [6.07, 6.45) is 3.93. The zero-order chi connectivity index (χ0) is 14.7. The fourth-order valence-electron chi connectivity index (χ4n) is 2.43. The average Bonchev–Trinajstić information content (AvgIpc) is 3.10. The largest absolute Gasteiger partial charge is 0.491 e. The van der Waals surface area contributed by atoms with Gasteiger partial charge in [-0.15, -0.1) is 0 Å². The van der Waals surface area contributed by atoms with E-state index in [9.17, 15) is 4.79 Å². The van der Waals surface area contributed by atoms with Crippen LogP contribution in [0.1, 0.15) is 25.7 Å². The number of carbonyl (C=O) groups excluding carboxylic acids is 1. The van der Waals surface area contributed by atoms with Gasteiger partial charge in [0.1, 0.15) is 5.75 Å². The maximum atomic E-state index is 12.0. The van der Waals surface area contributed by atoms with E-state index in [0.717, 1.165) is 32.5 Å². The second-order valence-electron chi connectivity index (χ2n) is 5.88. The highest BCUT2D eigenvalue weighted by molar-refractivity contribution is 6.31. The van der Waals surface area contributed by atoms with Gasteiger partial charge in [-0.25, -0.2) is 0 Å². The van der Waals surface area contributed by atoms with Crippen molar-refractivity contribution in [2.75, 3.05) is 25.1 Å². The molecule has 1 aliphatic carbocycles. The number of rotatable bonds is 6. The van der Waals surface area contributed by atoms with E-state index >= 15 is 0 Å². The molecule has 4 nitrogen and oxygen atoms in total. The monoisotopic (exact) mass is 309 g/mol. The van der Waals surface area contributed by atoms with Crippen molar-refractivity contribution in [3.05, 3.63) is 23.2 Å². The van der Waals surface area contributed by atoms with Crippen LogP contribution in [0.15, 0.2) is 18.2 Å². The van der Waals surface area contributed by atoms with Crippen LogP contribution in [0.3, 0.4) is 0 Å². The molecule has 21 heavy (non-hydrogen) atoms. The molecule has 0 unspecified atom stereocenters. The third-order valence-corrected chi connectivity index (χ3v) is 4.12. The predicted molar refractivity (Wildman–Crippen MR) is 81.8 cm³/mol. The smallest absolute Gasteiger partial charge is 0.224 e. The number of amides is 1. The van der Waals surface area contributed by atoms with E-state index in [-0.39, 0.29) is 5.91 Å². The minimum atomic E-state index is 0.0359. The number of halogens is 1. The van der Waals surface area contributed by atoms with E-state index in [4.69, 9.17) is 21.1 Å². The molecule has 1 aromatic carbocycles. The van der Waals surface area contributed by atoms with Crippen LogP contribution < -0.4 is 10.1 Å². The topological polar surface area (TPSA) is 47.6 Å². The van der Waals surface area contributed by atoms with Crippen LogP contribution in [0.2, 0.25) is 5.02 Å². The number of benzene rings is 1. The first-order chi connectivity index (χ1) is 10.2. The molecule has 1 saturated heterocycles. The number of hydrogen-bond acceptors (Lipinski definition) is 3. The Morgan fingerprint density at radius 2 is 2.19 bits per heavy atom. The van der Waals surface area contributed by atoms with Crippen LogP contribution >= 0.6 is 11.6 Å². The Morgan fingerprint density at radius 1 is 1.33 bits per heavy atom. The molecule has 1 aromatic rings. The van der Waals surface area contributed by atoms with Crippen LogP contribution in [0.5, 0.6) is 5.75 Å². The molecule has 1 amide bonds. The Labute approximate surface area is 129 Å². The first-order valence-corrected chi connectivity index (χ1v) is 7.88. The Morgan fingerprint density at radius 3 is 2.90 bits per heavy atom. The van der Waals surface area contributed by atoms with Crippen LogP contribution in [0, 0.1) is 11.8 Å². The second kappa shape index (κ2) is 6.67. The number of anilines is 1. The molecule has 114 valence electrons. The van der Waals surface area contributed by atoms with Crippen LogP contribution in [-0.4, -0.2) is 25.7 Å². The molecule has 2 aliphatic rings. The summed E-state index contributed by atoms with van der Waals surface area (Å²) in [5.74, 6) is 1.70. The molecule has 3 rings (SSSR count). The lowest BCUT2D eigenvalue weighted by atomic mass is 10.1. The molecule has 0 bridgehead atoms. The summed E-state index contributed by atoms with van der Waals surface area (Å²) in [5, 5.41) is 3.51. The number of ether oxygens (including phenoxy) is 2. The molecule has 1 aliphatic heterocycles. The molecule has 1 N–H and O–H groups in total. The Bertz CT molecular complexity index is 510. The van der Waals surface area contributed by atoms with Crippen LogP contribution in [0.4, 0.5) is 5.69 Å². The SMILES string of the molecule is O=C(CC1CC1)Nc1cc(Cl)ccc1OC[C@@H]1CCOC1. The van der Waals surface area contributed by atoms with Gasteiger partial charge in [0.25, 0.3) is 0 Å². The molecule has 1 saturated carbocycles. The normalized spacial score (nSPS) is 21.3. The van der Waals surface area contributed by atoms with Gasteiger partial charge >= 0.3 is 0 Å². The number of nitrogens with one attached hydrogen (secondary N) is 1. The standard InChI is InChI=1S/C16H20ClNO3/c17-13-3-4-15(21-10-12-5-6-20-9-12)14(8-13)18-16(19)7-11-1-2-11/h3-4,8,11-12H,1-2,5-7,9-10H2,(H,18,19)/t12-/m1/s1.